The SMILES string of the molecule is Cc1cccc(/C(=N/O)c2c(Cl)cccc2Cl)c1. The highest BCUT2D eigenvalue weighted by Gasteiger charge is 2.15. The van der Waals surface area contributed by atoms with Crippen molar-refractivity contribution in [3.63, 3.8) is 0 Å². The molecule has 0 heterocycles. The van der Waals surface area contributed by atoms with E-state index in [1.165, 1.54) is 0 Å². The van der Waals surface area contributed by atoms with E-state index in [1.807, 2.05) is 31.2 Å². The molecule has 0 aromatic heterocycles. The van der Waals surface area contributed by atoms with Gasteiger partial charge in [0, 0.05) is 11.1 Å². The van der Waals surface area contributed by atoms with Crippen LogP contribution in [0.3, 0.4) is 0 Å². The van der Waals surface area contributed by atoms with Crippen molar-refractivity contribution in [2.45, 2.75) is 6.92 Å². The zero-order valence-electron chi connectivity index (χ0n) is 9.69. The minimum atomic E-state index is 0.370. The molecule has 0 spiro atoms. The third kappa shape index (κ3) is 2.50. The summed E-state index contributed by atoms with van der Waals surface area (Å²) in [5.41, 5.74) is 2.74. The van der Waals surface area contributed by atoms with E-state index in [9.17, 15) is 5.21 Å². The predicted molar refractivity (Wildman–Crippen MR) is 75.1 cm³/mol. The lowest BCUT2D eigenvalue weighted by atomic mass is 10.0. The molecule has 0 unspecified atom stereocenters. The number of hydrogen-bond acceptors (Lipinski definition) is 2. The second-order valence-corrected chi connectivity index (χ2v) is 4.73. The Hall–Kier alpha value is -1.51. The summed E-state index contributed by atoms with van der Waals surface area (Å²) >= 11 is 12.2. The van der Waals surface area contributed by atoms with Gasteiger partial charge in [0.05, 0.1) is 10.0 Å². The molecule has 0 amide bonds. The molecule has 0 saturated heterocycles. The van der Waals surface area contributed by atoms with Gasteiger partial charge in [0.1, 0.15) is 5.71 Å². The molecule has 1 N–H and O–H groups in total. The Morgan fingerprint density at radius 3 is 2.22 bits per heavy atom. The quantitative estimate of drug-likeness (QED) is 0.489. The van der Waals surface area contributed by atoms with Crippen LogP contribution in [0.15, 0.2) is 47.6 Å². The van der Waals surface area contributed by atoms with Gasteiger partial charge in [0.2, 0.25) is 0 Å². The van der Waals surface area contributed by atoms with Crippen LogP contribution in [0, 0.1) is 6.92 Å². The minimum absolute atomic E-state index is 0.370. The van der Waals surface area contributed by atoms with E-state index < -0.39 is 0 Å². The van der Waals surface area contributed by atoms with Gasteiger partial charge in [-0.25, -0.2) is 0 Å². The van der Waals surface area contributed by atoms with Gasteiger partial charge in [0.15, 0.2) is 0 Å². The molecule has 92 valence electrons. The van der Waals surface area contributed by atoms with Crippen molar-refractivity contribution >= 4 is 28.9 Å². The smallest absolute Gasteiger partial charge is 0.120 e. The summed E-state index contributed by atoms with van der Waals surface area (Å²) in [6.45, 7) is 1.96. The lowest BCUT2D eigenvalue weighted by Crippen LogP contribution is -2.05. The van der Waals surface area contributed by atoms with Gasteiger partial charge in [-0.15, -0.1) is 0 Å². The van der Waals surface area contributed by atoms with E-state index in [-0.39, 0.29) is 0 Å². The minimum Gasteiger partial charge on any atom is -0.410 e. The summed E-state index contributed by atoms with van der Waals surface area (Å²) in [5.74, 6) is 0. The molecule has 0 aliphatic heterocycles. The summed E-state index contributed by atoms with van der Waals surface area (Å²) in [6, 6.07) is 12.8. The molecule has 0 fully saturated rings. The van der Waals surface area contributed by atoms with Gasteiger partial charge >= 0.3 is 0 Å². The van der Waals surface area contributed by atoms with Gasteiger partial charge in [-0.1, -0.05) is 58.2 Å². The molecule has 18 heavy (non-hydrogen) atoms. The second kappa shape index (κ2) is 5.42. The first-order valence-electron chi connectivity index (χ1n) is 5.37. The Morgan fingerprint density at radius 1 is 1.06 bits per heavy atom. The van der Waals surface area contributed by atoms with Gasteiger partial charge in [-0.2, -0.15) is 0 Å². The van der Waals surface area contributed by atoms with Crippen LogP contribution >= 0.6 is 23.2 Å². The molecule has 0 aliphatic rings. The van der Waals surface area contributed by atoms with Crippen LogP contribution in [0.5, 0.6) is 0 Å². The van der Waals surface area contributed by atoms with Crippen LogP contribution in [0.2, 0.25) is 10.0 Å². The fourth-order valence-electron chi connectivity index (χ4n) is 1.77. The molecule has 4 heteroatoms. The number of oxime groups is 1. The van der Waals surface area contributed by atoms with Crippen molar-refractivity contribution in [1.29, 1.82) is 0 Å². The van der Waals surface area contributed by atoms with E-state index in [0.717, 1.165) is 11.1 Å². The van der Waals surface area contributed by atoms with E-state index >= 15 is 0 Å². The number of hydrogen-bond donors (Lipinski definition) is 1. The Morgan fingerprint density at radius 2 is 1.67 bits per heavy atom. The summed E-state index contributed by atoms with van der Waals surface area (Å²) in [7, 11) is 0. The molecule has 0 atom stereocenters. The molecule has 2 aromatic carbocycles. The fraction of sp³-hybridized carbons (Fsp3) is 0.0714. The van der Waals surface area contributed by atoms with Crippen molar-refractivity contribution in [2.75, 3.05) is 0 Å². The molecule has 0 aliphatic carbocycles. The summed E-state index contributed by atoms with van der Waals surface area (Å²) < 4.78 is 0. The summed E-state index contributed by atoms with van der Waals surface area (Å²) in [6.07, 6.45) is 0. The van der Waals surface area contributed by atoms with Crippen molar-refractivity contribution in [3.8, 4) is 0 Å². The molecule has 2 nitrogen and oxygen atoms in total. The van der Waals surface area contributed by atoms with E-state index in [0.29, 0.717) is 21.3 Å². The van der Waals surface area contributed by atoms with Crippen LogP contribution in [0.25, 0.3) is 0 Å². The zero-order chi connectivity index (χ0) is 13.1. The number of rotatable bonds is 2. The third-order valence-corrected chi connectivity index (χ3v) is 3.22. The van der Waals surface area contributed by atoms with Crippen molar-refractivity contribution in [2.24, 2.45) is 5.16 Å². The molecule has 2 rings (SSSR count). The van der Waals surface area contributed by atoms with Crippen LogP contribution in [0.4, 0.5) is 0 Å². The van der Waals surface area contributed by atoms with Gasteiger partial charge in [0.25, 0.3) is 0 Å². The molecular formula is C14H11Cl2NO. The summed E-state index contributed by atoms with van der Waals surface area (Å²) in [4.78, 5) is 0. The van der Waals surface area contributed by atoms with Crippen LogP contribution in [0.1, 0.15) is 16.7 Å². The maximum absolute atomic E-state index is 9.24. The highest BCUT2D eigenvalue weighted by atomic mass is 35.5. The molecule has 0 saturated carbocycles. The lowest BCUT2D eigenvalue weighted by Gasteiger charge is -2.09. The number of benzene rings is 2. The van der Waals surface area contributed by atoms with Crippen molar-refractivity contribution < 1.29 is 5.21 Å². The van der Waals surface area contributed by atoms with Crippen LogP contribution in [-0.2, 0) is 0 Å². The Balaban J connectivity index is 2.60. The topological polar surface area (TPSA) is 32.6 Å². The monoisotopic (exact) mass is 279 g/mol. The molecular weight excluding hydrogens is 269 g/mol. The normalized spacial score (nSPS) is 11.6. The van der Waals surface area contributed by atoms with Crippen LogP contribution < -0.4 is 0 Å². The average Bonchev–Trinajstić information content (AvgIpc) is 2.34. The predicted octanol–water partition coefficient (Wildman–Crippen LogP) is 4.53. The van der Waals surface area contributed by atoms with Crippen molar-refractivity contribution in [1.82, 2.24) is 0 Å². The Kier molecular flexibility index (Phi) is 3.90. The van der Waals surface area contributed by atoms with Crippen LogP contribution in [-0.4, -0.2) is 10.9 Å². The fourth-order valence-corrected chi connectivity index (χ4v) is 2.34. The maximum atomic E-state index is 9.24. The molecule has 0 bridgehead atoms. The highest BCUT2D eigenvalue weighted by Crippen LogP contribution is 2.27. The van der Waals surface area contributed by atoms with E-state index in [4.69, 9.17) is 23.2 Å². The maximum Gasteiger partial charge on any atom is 0.120 e. The zero-order valence-corrected chi connectivity index (χ0v) is 11.2. The van der Waals surface area contributed by atoms with Gasteiger partial charge < -0.3 is 5.21 Å². The molecule has 0 radical (unpaired) electrons. The first kappa shape index (κ1) is 12.9. The number of nitrogens with zero attached hydrogens (tertiary/aromatic N) is 1. The first-order chi connectivity index (χ1) is 8.63. The lowest BCUT2D eigenvalue weighted by molar-refractivity contribution is 0.319. The van der Waals surface area contributed by atoms with Gasteiger partial charge in [-0.05, 0) is 25.1 Å². The summed E-state index contributed by atoms with van der Waals surface area (Å²) in [5, 5.41) is 13.5. The van der Waals surface area contributed by atoms with E-state index in [2.05, 4.69) is 5.16 Å². The van der Waals surface area contributed by atoms with Gasteiger partial charge in [-0.3, -0.25) is 0 Å². The average molecular weight is 280 g/mol. The Bertz CT molecular complexity index is 588. The third-order valence-electron chi connectivity index (χ3n) is 2.59. The highest BCUT2D eigenvalue weighted by molar-refractivity contribution is 6.41. The first-order valence-corrected chi connectivity index (χ1v) is 6.12. The second-order valence-electron chi connectivity index (χ2n) is 3.91. The Labute approximate surface area is 115 Å². The molecule has 2 aromatic rings. The van der Waals surface area contributed by atoms with Crippen molar-refractivity contribution in [3.05, 3.63) is 69.2 Å². The standard InChI is InChI=1S/C14H11Cl2NO/c1-9-4-2-5-10(8-9)14(17-18)13-11(15)6-3-7-12(13)16/h2-8,18H,1H3/b17-14-. The van der Waals surface area contributed by atoms with E-state index in [1.54, 1.807) is 18.2 Å². The number of aryl methyl sites for hydroxylation is 1. The number of halogens is 2. The largest absolute Gasteiger partial charge is 0.410 e.